The number of pyridine rings is 1. The molecular weight excluding hydrogens is 198 g/mol. The van der Waals surface area contributed by atoms with Crippen LogP contribution in [0.5, 0.6) is 0 Å². The maximum absolute atomic E-state index is 4.35. The first-order valence-corrected chi connectivity index (χ1v) is 5.16. The van der Waals surface area contributed by atoms with E-state index in [1.165, 1.54) is 11.9 Å². The number of guanidine groups is 1. The van der Waals surface area contributed by atoms with Crippen molar-refractivity contribution < 1.29 is 0 Å². The predicted molar refractivity (Wildman–Crippen MR) is 57.1 cm³/mol. The zero-order valence-electron chi connectivity index (χ0n) is 7.74. The molecule has 2 heterocycles. The Balaban J connectivity index is 2.14. The topological polar surface area (TPSA) is 61.3 Å². The lowest BCUT2D eigenvalue weighted by Crippen LogP contribution is -2.43. The summed E-state index contributed by atoms with van der Waals surface area (Å²) >= 11 is 1.50. The van der Waals surface area contributed by atoms with Gasteiger partial charge in [0, 0.05) is 18.9 Å². The van der Waals surface area contributed by atoms with E-state index in [4.69, 9.17) is 0 Å². The molecule has 0 bridgehead atoms. The molecule has 0 saturated carbocycles. The molecule has 0 aliphatic carbocycles. The largest absolute Gasteiger partial charge is 0.295 e. The lowest BCUT2D eigenvalue weighted by molar-refractivity contribution is 0.676. The van der Waals surface area contributed by atoms with E-state index in [1.54, 1.807) is 12.4 Å². The van der Waals surface area contributed by atoms with Crippen molar-refractivity contribution in [3.63, 3.8) is 0 Å². The molecule has 3 N–H and O–H groups in total. The number of aromatic nitrogens is 1. The van der Waals surface area contributed by atoms with Gasteiger partial charge in [-0.3, -0.25) is 15.1 Å². The average molecular weight is 209 g/mol. The van der Waals surface area contributed by atoms with Crippen LogP contribution in [0.1, 0.15) is 6.92 Å². The molecule has 1 aliphatic rings. The molecule has 0 aromatic carbocycles. The highest BCUT2D eigenvalue weighted by Crippen LogP contribution is 2.29. The smallest absolute Gasteiger partial charge is 0.221 e. The first-order valence-electron chi connectivity index (χ1n) is 4.34. The monoisotopic (exact) mass is 209 g/mol. The van der Waals surface area contributed by atoms with Gasteiger partial charge in [-0.25, -0.2) is 10.4 Å². The Morgan fingerprint density at radius 3 is 3.36 bits per heavy atom. The molecule has 0 fully saturated rings. The molecule has 1 aromatic heterocycles. The second kappa shape index (κ2) is 4.30. The maximum atomic E-state index is 4.35. The minimum absolute atomic E-state index is 0.718. The predicted octanol–water partition coefficient (Wildman–Crippen LogP) is 0.793. The van der Waals surface area contributed by atoms with Crippen molar-refractivity contribution in [2.45, 2.75) is 11.8 Å². The molecule has 1 aromatic rings. The van der Waals surface area contributed by atoms with E-state index in [0.29, 0.717) is 0 Å². The number of rotatable bonds is 2. The van der Waals surface area contributed by atoms with Gasteiger partial charge in [0.1, 0.15) is 0 Å². The normalized spacial score (nSPS) is 13.9. The minimum Gasteiger partial charge on any atom is -0.295 e. The fraction of sp³-hybridized carbons (Fsp3) is 0.250. The van der Waals surface area contributed by atoms with Crippen LogP contribution < -0.4 is 15.6 Å². The molecule has 74 valence electrons. The quantitative estimate of drug-likeness (QED) is 0.496. The lowest BCUT2D eigenvalue weighted by Gasteiger charge is -2.16. The van der Waals surface area contributed by atoms with Gasteiger partial charge in [0.2, 0.25) is 5.96 Å². The van der Waals surface area contributed by atoms with Gasteiger partial charge in [0.15, 0.2) is 0 Å². The average Bonchev–Trinajstić information content (AvgIpc) is 2.26. The Morgan fingerprint density at radius 1 is 1.57 bits per heavy atom. The second-order valence-electron chi connectivity index (χ2n) is 2.66. The zero-order chi connectivity index (χ0) is 9.80. The maximum Gasteiger partial charge on any atom is 0.221 e. The molecule has 0 unspecified atom stereocenters. The summed E-state index contributed by atoms with van der Waals surface area (Å²) < 4.78 is 3.06. The Kier molecular flexibility index (Phi) is 2.85. The number of aliphatic imine (C=N–C) groups is 1. The van der Waals surface area contributed by atoms with E-state index in [1.807, 2.05) is 13.0 Å². The van der Waals surface area contributed by atoms with Crippen LogP contribution in [0.3, 0.4) is 0 Å². The van der Waals surface area contributed by atoms with E-state index >= 15 is 0 Å². The summed E-state index contributed by atoms with van der Waals surface area (Å²) in [5, 5.41) is 0. The number of nitrogens with one attached hydrogen (secondary N) is 3. The van der Waals surface area contributed by atoms with Crippen molar-refractivity contribution in [1.29, 1.82) is 0 Å². The summed E-state index contributed by atoms with van der Waals surface area (Å²) in [5.74, 6) is 0.718. The molecule has 5 nitrogen and oxygen atoms in total. The van der Waals surface area contributed by atoms with E-state index in [-0.39, 0.29) is 0 Å². The van der Waals surface area contributed by atoms with E-state index in [0.717, 1.165) is 23.1 Å². The standard InChI is InChI=1S/C8H11N5S/c1-2-10-12-8-11-6-3-4-9-5-7(6)14-13-8/h3-5,10H,2H2,1H3,(H2,11,12,13). The molecule has 1 aliphatic heterocycles. The van der Waals surface area contributed by atoms with Gasteiger partial charge in [-0.05, 0) is 18.0 Å². The summed E-state index contributed by atoms with van der Waals surface area (Å²) in [6, 6.07) is 1.89. The van der Waals surface area contributed by atoms with Crippen molar-refractivity contribution >= 4 is 23.6 Å². The summed E-state index contributed by atoms with van der Waals surface area (Å²) in [5.41, 5.74) is 6.87. The fourth-order valence-electron chi connectivity index (χ4n) is 1.02. The van der Waals surface area contributed by atoms with Gasteiger partial charge in [0.05, 0.1) is 10.6 Å². The Hall–Kier alpha value is -1.27. The Bertz CT molecular complexity index is 351. The first-order chi connectivity index (χ1) is 6.90. The Labute approximate surface area is 86.5 Å². The van der Waals surface area contributed by atoms with Crippen molar-refractivity contribution in [2.24, 2.45) is 4.99 Å². The summed E-state index contributed by atoms with van der Waals surface area (Å²) in [6.07, 6.45) is 3.53. The number of fused-ring (bicyclic) bond motifs is 1. The van der Waals surface area contributed by atoms with E-state index < -0.39 is 0 Å². The van der Waals surface area contributed by atoms with Gasteiger partial charge in [0.25, 0.3) is 0 Å². The first kappa shape index (κ1) is 9.29. The van der Waals surface area contributed by atoms with Gasteiger partial charge in [-0.2, -0.15) is 0 Å². The molecular formula is C8H11N5S. The third kappa shape index (κ3) is 1.97. The van der Waals surface area contributed by atoms with Crippen LogP contribution in [-0.2, 0) is 0 Å². The molecule has 0 saturated heterocycles. The second-order valence-corrected chi connectivity index (χ2v) is 3.51. The molecule has 6 heteroatoms. The van der Waals surface area contributed by atoms with Crippen molar-refractivity contribution in [2.75, 3.05) is 6.54 Å². The van der Waals surface area contributed by atoms with Crippen LogP contribution in [-0.4, -0.2) is 17.5 Å². The highest BCUT2D eigenvalue weighted by atomic mass is 32.2. The molecule has 14 heavy (non-hydrogen) atoms. The number of hydrogen-bond acceptors (Lipinski definition) is 6. The van der Waals surface area contributed by atoms with Crippen LogP contribution in [0.4, 0.5) is 5.69 Å². The fourth-order valence-corrected chi connectivity index (χ4v) is 1.65. The van der Waals surface area contributed by atoms with Gasteiger partial charge >= 0.3 is 0 Å². The van der Waals surface area contributed by atoms with Crippen LogP contribution in [0, 0.1) is 0 Å². The molecule has 0 amide bonds. The van der Waals surface area contributed by atoms with Crippen molar-refractivity contribution in [3.05, 3.63) is 18.5 Å². The Morgan fingerprint density at radius 2 is 2.50 bits per heavy atom. The van der Waals surface area contributed by atoms with E-state index in [2.05, 4.69) is 25.6 Å². The van der Waals surface area contributed by atoms with Crippen LogP contribution in [0.2, 0.25) is 0 Å². The SMILES string of the molecule is CCNNC1=Nc2ccncc2SN1. The third-order valence-corrected chi connectivity index (χ3v) is 2.47. The van der Waals surface area contributed by atoms with Crippen LogP contribution >= 0.6 is 11.9 Å². The summed E-state index contributed by atoms with van der Waals surface area (Å²) in [4.78, 5) is 9.41. The van der Waals surface area contributed by atoms with Crippen LogP contribution in [0.15, 0.2) is 28.3 Å². The third-order valence-electron chi connectivity index (χ3n) is 1.64. The summed E-state index contributed by atoms with van der Waals surface area (Å²) in [7, 11) is 0. The number of nitrogens with zero attached hydrogens (tertiary/aromatic N) is 2. The molecule has 0 atom stereocenters. The van der Waals surface area contributed by atoms with Crippen molar-refractivity contribution in [3.8, 4) is 0 Å². The molecule has 0 spiro atoms. The highest BCUT2D eigenvalue weighted by Gasteiger charge is 2.10. The van der Waals surface area contributed by atoms with Gasteiger partial charge in [-0.15, -0.1) is 0 Å². The minimum atomic E-state index is 0.718. The van der Waals surface area contributed by atoms with Gasteiger partial charge < -0.3 is 0 Å². The van der Waals surface area contributed by atoms with Gasteiger partial charge in [-0.1, -0.05) is 6.92 Å². The highest BCUT2D eigenvalue weighted by molar-refractivity contribution is 7.98. The lowest BCUT2D eigenvalue weighted by atomic mass is 10.4. The van der Waals surface area contributed by atoms with E-state index in [9.17, 15) is 0 Å². The zero-order valence-corrected chi connectivity index (χ0v) is 8.56. The molecule has 0 radical (unpaired) electrons. The number of hydrogen-bond donors (Lipinski definition) is 3. The molecule has 2 rings (SSSR count). The number of hydrazine groups is 1. The summed E-state index contributed by atoms with van der Waals surface area (Å²) in [6.45, 7) is 2.86. The van der Waals surface area contributed by atoms with Crippen LogP contribution in [0.25, 0.3) is 0 Å². The van der Waals surface area contributed by atoms with Crippen molar-refractivity contribution in [1.82, 2.24) is 20.6 Å².